The molecule has 0 aliphatic carbocycles. The van der Waals surface area contributed by atoms with Gasteiger partial charge in [-0.3, -0.25) is 9.48 Å². The Labute approximate surface area is 139 Å². The third kappa shape index (κ3) is 3.47. The summed E-state index contributed by atoms with van der Waals surface area (Å²) in [5, 5.41) is 20.2. The molecule has 0 spiro atoms. The first-order valence-electron chi connectivity index (χ1n) is 7.95. The third-order valence-corrected chi connectivity index (χ3v) is 4.44. The van der Waals surface area contributed by atoms with E-state index in [4.69, 9.17) is 0 Å². The minimum absolute atomic E-state index is 0.0178. The lowest BCUT2D eigenvalue weighted by atomic mass is 9.90. The van der Waals surface area contributed by atoms with Gasteiger partial charge in [-0.15, -0.1) is 0 Å². The third-order valence-electron chi connectivity index (χ3n) is 4.44. The molecule has 0 radical (unpaired) electrons. The summed E-state index contributed by atoms with van der Waals surface area (Å²) in [5.74, 6) is -0.814. The Morgan fingerprint density at radius 3 is 3.00 bits per heavy atom. The number of aliphatic hydroxyl groups is 1. The zero-order valence-corrected chi connectivity index (χ0v) is 13.4. The van der Waals surface area contributed by atoms with Crippen LogP contribution in [0.15, 0.2) is 36.7 Å². The molecule has 3 rings (SSSR count). The van der Waals surface area contributed by atoms with Crippen molar-refractivity contribution in [3.63, 3.8) is 0 Å². The molecule has 1 unspecified atom stereocenters. The second-order valence-corrected chi connectivity index (χ2v) is 6.10. The van der Waals surface area contributed by atoms with E-state index in [1.165, 1.54) is 12.1 Å². The fraction of sp³-hybridized carbons (Fsp3) is 0.412. The number of carbonyl (C=O) groups excluding carboxylic acids is 1. The molecular weight excluding hydrogens is 311 g/mol. The average Bonchev–Trinajstić information content (AvgIpc) is 3.21. The zero-order valence-electron chi connectivity index (χ0n) is 13.4. The van der Waals surface area contributed by atoms with Crippen molar-refractivity contribution in [2.45, 2.75) is 12.0 Å². The van der Waals surface area contributed by atoms with Crippen LogP contribution in [0.4, 0.5) is 4.39 Å². The molecule has 7 heteroatoms. The van der Waals surface area contributed by atoms with Crippen LogP contribution in [0.1, 0.15) is 23.1 Å². The topological polar surface area (TPSA) is 79.2 Å². The Kier molecular flexibility index (Phi) is 4.92. The van der Waals surface area contributed by atoms with Gasteiger partial charge in [0.25, 0.3) is 0 Å². The Bertz CT molecular complexity index is 718. The molecule has 1 aromatic heterocycles. The maximum atomic E-state index is 13.7. The largest absolute Gasteiger partial charge is 0.386 e. The fourth-order valence-corrected chi connectivity index (χ4v) is 3.12. The SMILES string of the molecule is Cn1cc([C@H]2CNC[C@@H]2C(=O)NCC(O)c2ccccc2F)cn1. The fourth-order valence-electron chi connectivity index (χ4n) is 3.12. The van der Waals surface area contributed by atoms with Crippen molar-refractivity contribution in [2.75, 3.05) is 19.6 Å². The van der Waals surface area contributed by atoms with Crippen LogP contribution < -0.4 is 10.6 Å². The van der Waals surface area contributed by atoms with Gasteiger partial charge in [0.2, 0.25) is 5.91 Å². The highest BCUT2D eigenvalue weighted by atomic mass is 19.1. The second-order valence-electron chi connectivity index (χ2n) is 6.10. The molecule has 0 saturated carbocycles. The number of halogens is 1. The molecule has 3 atom stereocenters. The number of aryl methyl sites for hydroxylation is 1. The summed E-state index contributed by atoms with van der Waals surface area (Å²) in [5.41, 5.74) is 1.20. The van der Waals surface area contributed by atoms with Gasteiger partial charge in [0.1, 0.15) is 5.82 Å². The van der Waals surface area contributed by atoms with Crippen LogP contribution in [0.5, 0.6) is 0 Å². The summed E-state index contributed by atoms with van der Waals surface area (Å²) >= 11 is 0. The molecule has 3 N–H and O–H groups in total. The maximum Gasteiger partial charge on any atom is 0.225 e. The predicted octanol–water partition coefficient (Wildman–Crippen LogP) is 0.712. The summed E-state index contributed by atoms with van der Waals surface area (Å²) in [6, 6.07) is 6.02. The van der Waals surface area contributed by atoms with Gasteiger partial charge >= 0.3 is 0 Å². The van der Waals surface area contributed by atoms with Gasteiger partial charge in [-0.05, 0) is 11.6 Å². The number of carbonyl (C=O) groups is 1. The van der Waals surface area contributed by atoms with Crippen molar-refractivity contribution in [1.82, 2.24) is 20.4 Å². The lowest BCUT2D eigenvalue weighted by Gasteiger charge is -2.19. The molecule has 1 saturated heterocycles. The number of hydrogen-bond donors (Lipinski definition) is 3. The van der Waals surface area contributed by atoms with Crippen molar-refractivity contribution in [2.24, 2.45) is 13.0 Å². The Balaban J connectivity index is 1.61. The van der Waals surface area contributed by atoms with Gasteiger partial charge in [0.15, 0.2) is 0 Å². The van der Waals surface area contributed by atoms with Gasteiger partial charge in [-0.2, -0.15) is 5.10 Å². The number of nitrogens with zero attached hydrogens (tertiary/aromatic N) is 2. The molecule has 1 aromatic carbocycles. The lowest BCUT2D eigenvalue weighted by molar-refractivity contribution is -0.125. The van der Waals surface area contributed by atoms with E-state index in [1.807, 2.05) is 13.2 Å². The van der Waals surface area contributed by atoms with Crippen molar-refractivity contribution in [3.05, 3.63) is 53.6 Å². The summed E-state index contributed by atoms with van der Waals surface area (Å²) in [4.78, 5) is 12.5. The van der Waals surface area contributed by atoms with E-state index in [1.54, 1.807) is 23.0 Å². The van der Waals surface area contributed by atoms with E-state index in [-0.39, 0.29) is 29.9 Å². The molecule has 1 aliphatic heterocycles. The second kappa shape index (κ2) is 7.11. The Morgan fingerprint density at radius 2 is 2.29 bits per heavy atom. The van der Waals surface area contributed by atoms with E-state index in [9.17, 15) is 14.3 Å². The van der Waals surface area contributed by atoms with Crippen LogP contribution in [-0.4, -0.2) is 40.4 Å². The van der Waals surface area contributed by atoms with E-state index in [0.717, 1.165) is 5.56 Å². The predicted molar refractivity (Wildman–Crippen MR) is 86.7 cm³/mol. The van der Waals surface area contributed by atoms with Crippen molar-refractivity contribution in [3.8, 4) is 0 Å². The van der Waals surface area contributed by atoms with Crippen LogP contribution in [0.2, 0.25) is 0 Å². The molecule has 1 fully saturated rings. The minimum atomic E-state index is -1.07. The summed E-state index contributed by atoms with van der Waals surface area (Å²) < 4.78 is 15.4. The van der Waals surface area contributed by atoms with Crippen LogP contribution in [0.25, 0.3) is 0 Å². The highest BCUT2D eigenvalue weighted by molar-refractivity contribution is 5.80. The van der Waals surface area contributed by atoms with Crippen molar-refractivity contribution in [1.29, 1.82) is 0 Å². The zero-order chi connectivity index (χ0) is 17.1. The molecule has 1 amide bonds. The number of hydrogen-bond acceptors (Lipinski definition) is 4. The number of benzene rings is 1. The standard InChI is InChI=1S/C17H21FN4O2/c1-22-10-11(6-21-22)13-7-19-8-14(13)17(24)20-9-16(23)12-4-2-3-5-15(12)18/h2-6,10,13-14,16,19,23H,7-9H2,1H3,(H,20,24)/t13-,14+,16?/m1/s1. The molecule has 2 aromatic rings. The quantitative estimate of drug-likeness (QED) is 0.754. The van der Waals surface area contributed by atoms with Gasteiger partial charge in [0, 0.05) is 44.4 Å². The number of aliphatic hydroxyl groups excluding tert-OH is 1. The molecule has 24 heavy (non-hydrogen) atoms. The smallest absolute Gasteiger partial charge is 0.225 e. The average molecular weight is 332 g/mol. The number of aromatic nitrogens is 2. The van der Waals surface area contributed by atoms with Crippen LogP contribution >= 0.6 is 0 Å². The van der Waals surface area contributed by atoms with E-state index in [2.05, 4.69) is 15.7 Å². The van der Waals surface area contributed by atoms with Crippen LogP contribution in [-0.2, 0) is 11.8 Å². The number of amides is 1. The highest BCUT2D eigenvalue weighted by Gasteiger charge is 2.34. The van der Waals surface area contributed by atoms with E-state index in [0.29, 0.717) is 13.1 Å². The lowest BCUT2D eigenvalue weighted by Crippen LogP contribution is -2.36. The molecule has 1 aliphatic rings. The maximum absolute atomic E-state index is 13.7. The molecule has 6 nitrogen and oxygen atoms in total. The molecule has 0 bridgehead atoms. The van der Waals surface area contributed by atoms with Gasteiger partial charge < -0.3 is 15.7 Å². The van der Waals surface area contributed by atoms with Gasteiger partial charge in [-0.25, -0.2) is 4.39 Å². The monoisotopic (exact) mass is 332 g/mol. The minimum Gasteiger partial charge on any atom is -0.386 e. The van der Waals surface area contributed by atoms with Crippen molar-refractivity contribution >= 4 is 5.91 Å². The Hall–Kier alpha value is -2.25. The first-order chi connectivity index (χ1) is 11.6. The molecular formula is C17H21FN4O2. The van der Waals surface area contributed by atoms with E-state index < -0.39 is 11.9 Å². The normalized spacial score (nSPS) is 21.6. The van der Waals surface area contributed by atoms with Crippen LogP contribution in [0.3, 0.4) is 0 Å². The summed E-state index contributed by atoms with van der Waals surface area (Å²) in [7, 11) is 1.84. The first-order valence-corrected chi connectivity index (χ1v) is 7.95. The number of rotatable bonds is 5. The summed E-state index contributed by atoms with van der Waals surface area (Å²) in [6.07, 6.45) is 2.61. The highest BCUT2D eigenvalue weighted by Crippen LogP contribution is 2.28. The van der Waals surface area contributed by atoms with E-state index >= 15 is 0 Å². The first kappa shape index (κ1) is 16.6. The van der Waals surface area contributed by atoms with Crippen LogP contribution in [0, 0.1) is 11.7 Å². The van der Waals surface area contributed by atoms with Gasteiger partial charge in [0.05, 0.1) is 18.2 Å². The number of nitrogens with one attached hydrogen (secondary N) is 2. The Morgan fingerprint density at radius 1 is 1.50 bits per heavy atom. The van der Waals surface area contributed by atoms with Gasteiger partial charge in [-0.1, -0.05) is 18.2 Å². The summed E-state index contributed by atoms with van der Waals surface area (Å²) in [6.45, 7) is 1.26. The van der Waals surface area contributed by atoms with Crippen molar-refractivity contribution < 1.29 is 14.3 Å². The molecule has 2 heterocycles. The molecule has 128 valence electrons.